The Morgan fingerprint density at radius 1 is 1.36 bits per heavy atom. The summed E-state index contributed by atoms with van der Waals surface area (Å²) in [4.78, 5) is 2.39. The monoisotopic (exact) mass is 188 g/mol. The molecule has 0 radical (unpaired) electrons. The van der Waals surface area contributed by atoms with Crippen molar-refractivity contribution < 1.29 is 0 Å². The summed E-state index contributed by atoms with van der Waals surface area (Å²) in [7, 11) is 2.18. The van der Waals surface area contributed by atoms with E-state index in [4.69, 9.17) is 5.73 Å². The molecule has 0 aromatic heterocycles. The van der Waals surface area contributed by atoms with E-state index in [1.807, 2.05) is 0 Å². The Hall–Kier alpha value is -0.860. The molecule has 1 heterocycles. The second kappa shape index (κ2) is 2.59. The molecule has 2 aliphatic rings. The summed E-state index contributed by atoms with van der Waals surface area (Å²) in [5.41, 5.74) is 9.30. The SMILES string of the molecule is CN1Cc2ccccc2C1C1(N)CC1. The van der Waals surface area contributed by atoms with E-state index in [1.165, 1.54) is 24.0 Å². The summed E-state index contributed by atoms with van der Waals surface area (Å²) in [6.07, 6.45) is 2.35. The van der Waals surface area contributed by atoms with Crippen LogP contribution >= 0.6 is 0 Å². The fourth-order valence-corrected chi connectivity index (χ4v) is 2.71. The van der Waals surface area contributed by atoms with Crippen LogP contribution < -0.4 is 5.73 Å². The minimum atomic E-state index is 0.0708. The summed E-state index contributed by atoms with van der Waals surface area (Å²) in [5.74, 6) is 0. The minimum absolute atomic E-state index is 0.0708. The molecule has 74 valence electrons. The fraction of sp³-hybridized carbons (Fsp3) is 0.500. The summed E-state index contributed by atoms with van der Waals surface area (Å²) < 4.78 is 0. The van der Waals surface area contributed by atoms with Gasteiger partial charge >= 0.3 is 0 Å². The van der Waals surface area contributed by atoms with Crippen LogP contribution in [0.25, 0.3) is 0 Å². The normalized spacial score (nSPS) is 28.9. The van der Waals surface area contributed by atoms with Gasteiger partial charge in [0.15, 0.2) is 0 Å². The molecule has 14 heavy (non-hydrogen) atoms. The van der Waals surface area contributed by atoms with Crippen LogP contribution in [0.3, 0.4) is 0 Å². The molecule has 1 aromatic carbocycles. The molecule has 2 N–H and O–H groups in total. The van der Waals surface area contributed by atoms with Crippen LogP contribution in [-0.4, -0.2) is 17.5 Å². The van der Waals surface area contributed by atoms with Crippen LogP contribution in [-0.2, 0) is 6.54 Å². The van der Waals surface area contributed by atoms with Crippen molar-refractivity contribution in [1.29, 1.82) is 0 Å². The van der Waals surface area contributed by atoms with Gasteiger partial charge in [0.25, 0.3) is 0 Å². The molecular weight excluding hydrogens is 172 g/mol. The number of hydrogen-bond donors (Lipinski definition) is 1. The number of benzene rings is 1. The summed E-state index contributed by atoms with van der Waals surface area (Å²) in [6, 6.07) is 9.15. The van der Waals surface area contributed by atoms with Gasteiger partial charge in [0.2, 0.25) is 0 Å². The highest BCUT2D eigenvalue weighted by Gasteiger charge is 2.50. The summed E-state index contributed by atoms with van der Waals surface area (Å²) in [6.45, 7) is 1.06. The van der Waals surface area contributed by atoms with E-state index in [0.29, 0.717) is 6.04 Å². The van der Waals surface area contributed by atoms with E-state index < -0.39 is 0 Å². The van der Waals surface area contributed by atoms with Crippen molar-refractivity contribution in [3.8, 4) is 0 Å². The van der Waals surface area contributed by atoms with Crippen molar-refractivity contribution in [2.75, 3.05) is 7.05 Å². The molecular formula is C12H16N2. The van der Waals surface area contributed by atoms with E-state index in [1.54, 1.807) is 0 Å². The molecule has 2 heteroatoms. The van der Waals surface area contributed by atoms with Crippen molar-refractivity contribution in [1.82, 2.24) is 4.90 Å². The predicted molar refractivity (Wildman–Crippen MR) is 56.8 cm³/mol. The molecule has 1 fully saturated rings. The van der Waals surface area contributed by atoms with Gasteiger partial charge in [-0.05, 0) is 31.0 Å². The molecule has 1 saturated carbocycles. The molecule has 3 rings (SSSR count). The third-order valence-corrected chi connectivity index (χ3v) is 3.58. The Morgan fingerprint density at radius 2 is 2.07 bits per heavy atom. The van der Waals surface area contributed by atoms with Crippen LogP contribution in [0.1, 0.15) is 30.0 Å². The average Bonchev–Trinajstić information content (AvgIpc) is 2.79. The molecule has 1 aromatic rings. The number of hydrogen-bond acceptors (Lipinski definition) is 2. The van der Waals surface area contributed by atoms with Gasteiger partial charge in [-0.2, -0.15) is 0 Å². The van der Waals surface area contributed by atoms with Gasteiger partial charge in [0, 0.05) is 12.1 Å². The van der Waals surface area contributed by atoms with Gasteiger partial charge in [0.1, 0.15) is 0 Å². The number of rotatable bonds is 1. The topological polar surface area (TPSA) is 29.3 Å². The lowest BCUT2D eigenvalue weighted by atomic mass is 9.97. The maximum Gasteiger partial charge on any atom is 0.0531 e. The summed E-state index contributed by atoms with van der Waals surface area (Å²) in [5, 5.41) is 0. The Labute approximate surface area is 84.7 Å². The molecule has 1 atom stereocenters. The lowest BCUT2D eigenvalue weighted by molar-refractivity contribution is 0.223. The van der Waals surface area contributed by atoms with Crippen molar-refractivity contribution >= 4 is 0 Å². The first-order valence-corrected chi connectivity index (χ1v) is 5.28. The summed E-state index contributed by atoms with van der Waals surface area (Å²) >= 11 is 0. The van der Waals surface area contributed by atoms with Gasteiger partial charge in [-0.25, -0.2) is 0 Å². The van der Waals surface area contributed by atoms with Gasteiger partial charge in [-0.15, -0.1) is 0 Å². The maximum absolute atomic E-state index is 6.32. The largest absolute Gasteiger partial charge is 0.323 e. The second-order valence-corrected chi connectivity index (χ2v) is 4.75. The smallest absolute Gasteiger partial charge is 0.0531 e. The average molecular weight is 188 g/mol. The van der Waals surface area contributed by atoms with Crippen LogP contribution in [0.5, 0.6) is 0 Å². The maximum atomic E-state index is 6.32. The minimum Gasteiger partial charge on any atom is -0.323 e. The van der Waals surface area contributed by atoms with E-state index >= 15 is 0 Å². The van der Waals surface area contributed by atoms with Crippen molar-refractivity contribution in [2.24, 2.45) is 5.73 Å². The lowest BCUT2D eigenvalue weighted by Gasteiger charge is -2.26. The number of fused-ring (bicyclic) bond motifs is 1. The predicted octanol–water partition coefficient (Wildman–Crippen LogP) is 1.66. The number of nitrogens with zero attached hydrogens (tertiary/aromatic N) is 1. The van der Waals surface area contributed by atoms with Crippen LogP contribution in [0, 0.1) is 0 Å². The first-order chi connectivity index (χ1) is 6.71. The zero-order valence-corrected chi connectivity index (χ0v) is 8.53. The van der Waals surface area contributed by atoms with Crippen molar-refractivity contribution in [2.45, 2.75) is 31.0 Å². The quantitative estimate of drug-likeness (QED) is 0.726. The van der Waals surface area contributed by atoms with Gasteiger partial charge in [-0.3, -0.25) is 4.90 Å². The van der Waals surface area contributed by atoms with Crippen molar-refractivity contribution in [3.05, 3.63) is 35.4 Å². The molecule has 2 nitrogen and oxygen atoms in total. The first-order valence-electron chi connectivity index (χ1n) is 5.28. The zero-order chi connectivity index (χ0) is 9.76. The van der Waals surface area contributed by atoms with Crippen molar-refractivity contribution in [3.63, 3.8) is 0 Å². The first kappa shape index (κ1) is 8.45. The fourth-order valence-electron chi connectivity index (χ4n) is 2.71. The highest BCUT2D eigenvalue weighted by molar-refractivity contribution is 5.38. The second-order valence-electron chi connectivity index (χ2n) is 4.75. The molecule has 1 aliphatic heterocycles. The third kappa shape index (κ3) is 1.04. The highest BCUT2D eigenvalue weighted by atomic mass is 15.2. The third-order valence-electron chi connectivity index (χ3n) is 3.58. The van der Waals surface area contributed by atoms with Gasteiger partial charge in [0.05, 0.1) is 6.04 Å². The molecule has 1 aliphatic carbocycles. The standard InChI is InChI=1S/C12H16N2/c1-14-8-9-4-2-3-5-10(9)11(14)12(13)6-7-12/h2-5,11H,6-8,13H2,1H3. The number of nitrogens with two attached hydrogens (primary N) is 1. The van der Waals surface area contributed by atoms with E-state index in [2.05, 4.69) is 36.2 Å². The lowest BCUT2D eigenvalue weighted by Crippen LogP contribution is -2.37. The van der Waals surface area contributed by atoms with Crippen LogP contribution in [0.4, 0.5) is 0 Å². The van der Waals surface area contributed by atoms with E-state index in [9.17, 15) is 0 Å². The molecule has 0 amide bonds. The zero-order valence-electron chi connectivity index (χ0n) is 8.53. The molecule has 1 unspecified atom stereocenters. The van der Waals surface area contributed by atoms with E-state index in [-0.39, 0.29) is 5.54 Å². The molecule has 0 bridgehead atoms. The van der Waals surface area contributed by atoms with Crippen LogP contribution in [0.2, 0.25) is 0 Å². The molecule has 0 spiro atoms. The van der Waals surface area contributed by atoms with Crippen LogP contribution in [0.15, 0.2) is 24.3 Å². The Bertz CT molecular complexity index is 368. The Kier molecular flexibility index (Phi) is 1.56. The Morgan fingerprint density at radius 3 is 2.79 bits per heavy atom. The number of likely N-dealkylation sites (N-methyl/N-ethyl adjacent to an activating group) is 1. The van der Waals surface area contributed by atoms with Gasteiger partial charge in [-0.1, -0.05) is 24.3 Å². The Balaban J connectivity index is 2.06. The highest BCUT2D eigenvalue weighted by Crippen LogP contribution is 2.50. The molecule has 0 saturated heterocycles. The van der Waals surface area contributed by atoms with Gasteiger partial charge < -0.3 is 5.73 Å². The van der Waals surface area contributed by atoms with E-state index in [0.717, 1.165) is 6.54 Å².